The van der Waals surface area contributed by atoms with E-state index in [4.69, 9.17) is 14.6 Å². The van der Waals surface area contributed by atoms with Gasteiger partial charge in [-0.2, -0.15) is 8.42 Å². The van der Waals surface area contributed by atoms with Crippen molar-refractivity contribution >= 4 is 22.1 Å². The lowest BCUT2D eigenvalue weighted by atomic mass is 10.0. The molecule has 0 radical (unpaired) electrons. The molecule has 1 heterocycles. The van der Waals surface area contributed by atoms with Gasteiger partial charge in [0.15, 0.2) is 5.69 Å². The lowest BCUT2D eigenvalue weighted by Gasteiger charge is -2.19. The van der Waals surface area contributed by atoms with Crippen LogP contribution in [-0.4, -0.2) is 29.9 Å². The van der Waals surface area contributed by atoms with Gasteiger partial charge < -0.3 is 9.47 Å². The van der Waals surface area contributed by atoms with Gasteiger partial charge in [0, 0.05) is 11.8 Å². The summed E-state index contributed by atoms with van der Waals surface area (Å²) >= 11 is 0. The van der Waals surface area contributed by atoms with Crippen LogP contribution in [0.15, 0.2) is 66.9 Å². The summed E-state index contributed by atoms with van der Waals surface area (Å²) in [7, 11) is -4.25. The van der Waals surface area contributed by atoms with Crippen LogP contribution in [0.25, 0.3) is 11.1 Å². The SMILES string of the molecule is CC(C)(C)OC(=O)c1ccc(-c2ccn(S(N)(=O)=O)c2C(=O)OCc2ccccc2)cc1. The topological polar surface area (TPSA) is 118 Å². The van der Waals surface area contributed by atoms with E-state index in [-0.39, 0.29) is 12.3 Å². The molecule has 0 atom stereocenters. The molecular weight excluding hydrogens is 432 g/mol. The normalized spacial score (nSPS) is 11.8. The Bertz CT molecular complexity index is 1220. The number of nitrogens with two attached hydrogens (primary N) is 1. The first-order chi connectivity index (χ1) is 15.0. The molecule has 0 saturated heterocycles. The van der Waals surface area contributed by atoms with Crippen LogP contribution < -0.4 is 5.14 Å². The van der Waals surface area contributed by atoms with Crippen molar-refractivity contribution in [3.63, 3.8) is 0 Å². The fourth-order valence-corrected chi connectivity index (χ4v) is 3.63. The van der Waals surface area contributed by atoms with Gasteiger partial charge in [-0.05, 0) is 50.1 Å². The average Bonchev–Trinajstić information content (AvgIpc) is 3.17. The maximum absolute atomic E-state index is 12.8. The van der Waals surface area contributed by atoms with Gasteiger partial charge in [-0.3, -0.25) is 0 Å². The van der Waals surface area contributed by atoms with Crippen LogP contribution in [0.1, 0.15) is 47.2 Å². The average molecular weight is 457 g/mol. The molecule has 0 aliphatic heterocycles. The number of nitrogens with zero attached hydrogens (tertiary/aromatic N) is 1. The second kappa shape index (κ2) is 8.97. The number of rotatable bonds is 6. The van der Waals surface area contributed by atoms with Crippen LogP contribution >= 0.6 is 0 Å². The third-order valence-corrected chi connectivity index (χ3v) is 5.22. The maximum atomic E-state index is 12.8. The maximum Gasteiger partial charge on any atom is 0.357 e. The number of esters is 2. The van der Waals surface area contributed by atoms with Crippen LogP contribution in [-0.2, 0) is 26.3 Å². The summed E-state index contributed by atoms with van der Waals surface area (Å²) in [6.07, 6.45) is 1.19. The van der Waals surface area contributed by atoms with Gasteiger partial charge in [0.05, 0.1) is 5.56 Å². The summed E-state index contributed by atoms with van der Waals surface area (Å²) in [4.78, 5) is 25.1. The number of carbonyl (C=O) groups is 2. The van der Waals surface area contributed by atoms with E-state index in [1.807, 2.05) is 6.07 Å². The van der Waals surface area contributed by atoms with E-state index < -0.39 is 27.7 Å². The summed E-state index contributed by atoms with van der Waals surface area (Å²) < 4.78 is 35.4. The molecule has 0 unspecified atom stereocenters. The highest BCUT2D eigenvalue weighted by molar-refractivity contribution is 7.87. The molecule has 2 N–H and O–H groups in total. The minimum atomic E-state index is -4.25. The van der Waals surface area contributed by atoms with Crippen LogP contribution in [0.4, 0.5) is 0 Å². The Morgan fingerprint density at radius 2 is 1.56 bits per heavy atom. The number of hydrogen-bond acceptors (Lipinski definition) is 6. The van der Waals surface area contributed by atoms with Gasteiger partial charge >= 0.3 is 22.1 Å². The van der Waals surface area contributed by atoms with Gasteiger partial charge in [0.1, 0.15) is 12.2 Å². The highest BCUT2D eigenvalue weighted by Gasteiger charge is 2.25. The van der Waals surface area contributed by atoms with Gasteiger partial charge in [-0.15, -0.1) is 0 Å². The summed E-state index contributed by atoms with van der Waals surface area (Å²) in [6, 6.07) is 16.7. The molecular formula is C23H24N2O6S. The van der Waals surface area contributed by atoms with Crippen LogP contribution in [0, 0.1) is 0 Å². The first kappa shape index (κ1) is 23.2. The van der Waals surface area contributed by atoms with E-state index in [0.717, 1.165) is 5.56 Å². The van der Waals surface area contributed by atoms with Crippen LogP contribution in [0.5, 0.6) is 0 Å². The van der Waals surface area contributed by atoms with Gasteiger partial charge in [0.25, 0.3) is 0 Å². The van der Waals surface area contributed by atoms with Gasteiger partial charge in [-0.25, -0.2) is 18.7 Å². The van der Waals surface area contributed by atoms with Crippen LogP contribution in [0.2, 0.25) is 0 Å². The minimum absolute atomic E-state index is 0.0352. The number of carbonyl (C=O) groups excluding carboxylic acids is 2. The molecule has 9 heteroatoms. The predicted molar refractivity (Wildman–Crippen MR) is 119 cm³/mol. The monoisotopic (exact) mass is 456 g/mol. The molecule has 0 bridgehead atoms. The molecule has 0 amide bonds. The van der Waals surface area contributed by atoms with E-state index >= 15 is 0 Å². The zero-order valence-electron chi connectivity index (χ0n) is 17.9. The molecule has 3 rings (SSSR count). The first-order valence-electron chi connectivity index (χ1n) is 9.75. The Balaban J connectivity index is 1.92. The fraction of sp³-hybridized carbons (Fsp3) is 0.217. The summed E-state index contributed by atoms with van der Waals surface area (Å²) in [6.45, 7) is 5.26. The molecule has 0 saturated carbocycles. The Hall–Kier alpha value is -3.43. The zero-order valence-corrected chi connectivity index (χ0v) is 18.8. The molecule has 32 heavy (non-hydrogen) atoms. The van der Waals surface area contributed by atoms with Crippen molar-refractivity contribution < 1.29 is 27.5 Å². The van der Waals surface area contributed by atoms with E-state index in [9.17, 15) is 18.0 Å². The van der Waals surface area contributed by atoms with Gasteiger partial charge in [0.2, 0.25) is 0 Å². The van der Waals surface area contributed by atoms with Crippen LogP contribution in [0.3, 0.4) is 0 Å². The summed E-state index contributed by atoms with van der Waals surface area (Å²) in [5.41, 5.74) is 1.01. The van der Waals surface area contributed by atoms with E-state index in [0.29, 0.717) is 20.7 Å². The van der Waals surface area contributed by atoms with E-state index in [2.05, 4.69) is 0 Å². The number of aromatic nitrogens is 1. The van der Waals surface area contributed by atoms with Crippen molar-refractivity contribution in [3.8, 4) is 11.1 Å². The Morgan fingerprint density at radius 3 is 2.12 bits per heavy atom. The van der Waals surface area contributed by atoms with Crippen molar-refractivity contribution in [1.82, 2.24) is 3.97 Å². The molecule has 0 fully saturated rings. The van der Waals surface area contributed by atoms with Crippen molar-refractivity contribution in [2.45, 2.75) is 33.0 Å². The Morgan fingerprint density at radius 1 is 0.938 bits per heavy atom. The molecule has 168 valence electrons. The third-order valence-electron chi connectivity index (χ3n) is 4.36. The third kappa shape index (κ3) is 5.63. The molecule has 0 aliphatic rings. The Labute approximate surface area is 186 Å². The second-order valence-electron chi connectivity index (χ2n) is 8.06. The second-order valence-corrected chi connectivity index (χ2v) is 9.48. The highest BCUT2D eigenvalue weighted by atomic mass is 32.2. The molecule has 0 aliphatic carbocycles. The summed E-state index contributed by atoms with van der Waals surface area (Å²) in [5.74, 6) is -1.34. The predicted octanol–water partition coefficient (Wildman–Crippen LogP) is 3.52. The lowest BCUT2D eigenvalue weighted by Crippen LogP contribution is -2.25. The number of hydrogen-bond donors (Lipinski definition) is 1. The standard InChI is InChI=1S/C23H24N2O6S/c1-23(2,3)31-21(26)18-11-9-17(10-12-18)19-13-14-25(32(24,28)29)20(19)22(27)30-15-16-7-5-4-6-8-16/h4-14H,15H2,1-3H3,(H2,24,28,29). The molecule has 8 nitrogen and oxygen atoms in total. The van der Waals surface area contributed by atoms with Crippen molar-refractivity contribution in [3.05, 3.63) is 83.7 Å². The van der Waals surface area contributed by atoms with E-state index in [1.54, 1.807) is 57.2 Å². The van der Waals surface area contributed by atoms with Gasteiger partial charge in [-0.1, -0.05) is 42.5 Å². The smallest absolute Gasteiger partial charge is 0.357 e. The van der Waals surface area contributed by atoms with Crippen molar-refractivity contribution in [2.75, 3.05) is 0 Å². The minimum Gasteiger partial charge on any atom is -0.456 e. The zero-order chi connectivity index (χ0) is 23.5. The summed E-state index contributed by atoms with van der Waals surface area (Å²) in [5, 5.41) is 5.28. The fourth-order valence-electron chi connectivity index (χ4n) is 2.97. The quantitative estimate of drug-likeness (QED) is 0.567. The van der Waals surface area contributed by atoms with E-state index in [1.165, 1.54) is 24.4 Å². The number of benzene rings is 2. The molecule has 0 spiro atoms. The first-order valence-corrected chi connectivity index (χ1v) is 11.3. The number of ether oxygens (including phenoxy) is 2. The van der Waals surface area contributed by atoms with Crippen molar-refractivity contribution in [2.24, 2.45) is 5.14 Å². The highest BCUT2D eigenvalue weighted by Crippen LogP contribution is 2.27. The lowest BCUT2D eigenvalue weighted by molar-refractivity contribution is 0.00692. The Kier molecular flexibility index (Phi) is 6.52. The largest absolute Gasteiger partial charge is 0.456 e. The molecule has 1 aromatic heterocycles. The molecule has 2 aromatic carbocycles. The molecule has 3 aromatic rings. The van der Waals surface area contributed by atoms with Crippen molar-refractivity contribution in [1.29, 1.82) is 0 Å².